The predicted molar refractivity (Wildman–Crippen MR) is 62.4 cm³/mol. The molecule has 0 bridgehead atoms. The normalized spacial score (nSPS) is 18.6. The molecular formula is C10H20N2O2S. The van der Waals surface area contributed by atoms with Gasteiger partial charge in [-0.15, -0.1) is 0 Å². The number of nitrogens with zero attached hydrogens (tertiary/aromatic N) is 1. The van der Waals surface area contributed by atoms with Crippen LogP contribution in [0.1, 0.15) is 26.2 Å². The topological polar surface area (TPSA) is 49.4 Å². The molecule has 0 radical (unpaired) electrons. The summed E-state index contributed by atoms with van der Waals surface area (Å²) in [6.07, 6.45) is 3.44. The lowest BCUT2D eigenvalue weighted by atomic mass is 10.1. The van der Waals surface area contributed by atoms with Gasteiger partial charge in [-0.05, 0) is 19.3 Å². The van der Waals surface area contributed by atoms with Gasteiger partial charge in [-0.25, -0.2) is 4.79 Å². The van der Waals surface area contributed by atoms with Gasteiger partial charge >= 0.3 is 6.03 Å². The SMILES string of the molecule is CCS(=O)CCNC(=O)N1CCCCC1. The van der Waals surface area contributed by atoms with Gasteiger partial charge in [0.15, 0.2) is 0 Å². The summed E-state index contributed by atoms with van der Waals surface area (Å²) in [4.78, 5) is 13.4. The highest BCUT2D eigenvalue weighted by molar-refractivity contribution is 7.84. The molecule has 1 N–H and O–H groups in total. The molecule has 0 aromatic rings. The molecule has 1 atom stereocenters. The van der Waals surface area contributed by atoms with Crippen LogP contribution in [0.3, 0.4) is 0 Å². The zero-order chi connectivity index (χ0) is 11.1. The number of rotatable bonds is 4. The van der Waals surface area contributed by atoms with Crippen LogP contribution < -0.4 is 5.32 Å². The van der Waals surface area contributed by atoms with Gasteiger partial charge in [0.25, 0.3) is 0 Å². The number of amides is 2. The second-order valence-corrected chi connectivity index (χ2v) is 5.58. The van der Waals surface area contributed by atoms with Crippen LogP contribution in [0, 0.1) is 0 Å². The number of piperidine rings is 1. The van der Waals surface area contributed by atoms with Crippen molar-refractivity contribution in [1.82, 2.24) is 10.2 Å². The maximum absolute atomic E-state index is 11.6. The number of hydrogen-bond acceptors (Lipinski definition) is 2. The number of urea groups is 1. The van der Waals surface area contributed by atoms with E-state index >= 15 is 0 Å². The zero-order valence-electron chi connectivity index (χ0n) is 9.33. The fourth-order valence-electron chi connectivity index (χ4n) is 1.62. The van der Waals surface area contributed by atoms with E-state index in [-0.39, 0.29) is 6.03 Å². The molecule has 1 fully saturated rings. The number of hydrogen-bond donors (Lipinski definition) is 1. The van der Waals surface area contributed by atoms with E-state index in [9.17, 15) is 9.00 Å². The fraction of sp³-hybridized carbons (Fsp3) is 0.900. The molecular weight excluding hydrogens is 212 g/mol. The van der Waals surface area contributed by atoms with E-state index in [0.29, 0.717) is 18.1 Å². The molecule has 5 heteroatoms. The summed E-state index contributed by atoms with van der Waals surface area (Å²) < 4.78 is 11.1. The first kappa shape index (κ1) is 12.5. The van der Waals surface area contributed by atoms with Gasteiger partial charge in [0.2, 0.25) is 0 Å². The van der Waals surface area contributed by atoms with Crippen LogP contribution in [0.2, 0.25) is 0 Å². The highest BCUT2D eigenvalue weighted by Gasteiger charge is 2.15. The Kier molecular flexibility index (Phi) is 5.68. The molecule has 1 saturated heterocycles. The molecule has 4 nitrogen and oxygen atoms in total. The Morgan fingerprint density at radius 3 is 2.60 bits per heavy atom. The molecule has 1 unspecified atom stereocenters. The van der Waals surface area contributed by atoms with Crippen molar-refractivity contribution in [3.8, 4) is 0 Å². The van der Waals surface area contributed by atoms with Crippen molar-refractivity contribution in [2.24, 2.45) is 0 Å². The van der Waals surface area contributed by atoms with E-state index < -0.39 is 10.8 Å². The Bertz CT molecular complexity index is 227. The Morgan fingerprint density at radius 1 is 1.33 bits per heavy atom. The maximum atomic E-state index is 11.6. The van der Waals surface area contributed by atoms with Gasteiger partial charge in [0.1, 0.15) is 0 Å². The lowest BCUT2D eigenvalue weighted by molar-refractivity contribution is 0.187. The number of carbonyl (C=O) groups excluding carboxylic acids is 1. The highest BCUT2D eigenvalue weighted by atomic mass is 32.2. The summed E-state index contributed by atoms with van der Waals surface area (Å²) in [5, 5.41) is 2.81. The van der Waals surface area contributed by atoms with E-state index in [0.717, 1.165) is 25.9 Å². The molecule has 1 heterocycles. The summed E-state index contributed by atoms with van der Waals surface area (Å²) in [7, 11) is -0.782. The first-order chi connectivity index (χ1) is 7.24. The molecule has 0 aromatic heterocycles. The Morgan fingerprint density at radius 2 is 2.00 bits per heavy atom. The largest absolute Gasteiger partial charge is 0.337 e. The van der Waals surface area contributed by atoms with Crippen molar-refractivity contribution in [1.29, 1.82) is 0 Å². The Balaban J connectivity index is 2.14. The smallest absolute Gasteiger partial charge is 0.317 e. The van der Waals surface area contributed by atoms with Crippen LogP contribution in [-0.4, -0.2) is 46.3 Å². The van der Waals surface area contributed by atoms with E-state index in [4.69, 9.17) is 0 Å². The van der Waals surface area contributed by atoms with E-state index in [2.05, 4.69) is 5.32 Å². The molecule has 15 heavy (non-hydrogen) atoms. The van der Waals surface area contributed by atoms with E-state index in [1.807, 2.05) is 11.8 Å². The number of nitrogens with one attached hydrogen (secondary N) is 1. The minimum atomic E-state index is -0.782. The van der Waals surface area contributed by atoms with Gasteiger partial charge < -0.3 is 10.2 Å². The molecule has 2 amide bonds. The fourth-order valence-corrected chi connectivity index (χ4v) is 2.24. The zero-order valence-corrected chi connectivity index (χ0v) is 10.1. The standard InChI is InChI=1S/C10H20N2O2S/c1-2-15(14)9-6-11-10(13)12-7-4-3-5-8-12/h2-9H2,1H3,(H,11,13). The molecule has 1 aliphatic heterocycles. The van der Waals surface area contributed by atoms with Crippen molar-refractivity contribution >= 4 is 16.8 Å². The third-order valence-electron chi connectivity index (χ3n) is 2.57. The molecule has 88 valence electrons. The van der Waals surface area contributed by atoms with Crippen molar-refractivity contribution in [2.75, 3.05) is 31.1 Å². The summed E-state index contributed by atoms with van der Waals surface area (Å²) in [5.41, 5.74) is 0. The second kappa shape index (κ2) is 6.82. The summed E-state index contributed by atoms with van der Waals surface area (Å²) in [5.74, 6) is 1.23. The van der Waals surface area contributed by atoms with Crippen LogP contribution in [0.15, 0.2) is 0 Å². The van der Waals surface area contributed by atoms with Crippen LogP contribution in [-0.2, 0) is 10.8 Å². The summed E-state index contributed by atoms with van der Waals surface area (Å²) in [6, 6.07) is 0.00260. The molecule has 0 aromatic carbocycles. The van der Waals surface area contributed by atoms with Crippen molar-refractivity contribution in [3.05, 3.63) is 0 Å². The van der Waals surface area contributed by atoms with Gasteiger partial charge in [-0.3, -0.25) is 4.21 Å². The van der Waals surface area contributed by atoms with Gasteiger partial charge in [0, 0.05) is 41.9 Å². The predicted octanol–water partition coefficient (Wildman–Crippen LogP) is 0.950. The van der Waals surface area contributed by atoms with E-state index in [1.165, 1.54) is 6.42 Å². The van der Waals surface area contributed by atoms with Crippen molar-refractivity contribution < 1.29 is 9.00 Å². The average molecular weight is 232 g/mol. The Labute approximate surface area is 93.9 Å². The maximum Gasteiger partial charge on any atom is 0.317 e. The molecule has 0 aliphatic carbocycles. The first-order valence-corrected chi connectivity index (χ1v) is 7.10. The van der Waals surface area contributed by atoms with Crippen LogP contribution >= 0.6 is 0 Å². The molecule has 1 aliphatic rings. The Hall–Kier alpha value is -0.580. The van der Waals surface area contributed by atoms with Gasteiger partial charge in [-0.1, -0.05) is 6.92 Å². The minimum absolute atomic E-state index is 0.00260. The van der Waals surface area contributed by atoms with Crippen LogP contribution in [0.5, 0.6) is 0 Å². The number of carbonyl (C=O) groups is 1. The van der Waals surface area contributed by atoms with Crippen molar-refractivity contribution in [2.45, 2.75) is 26.2 Å². The molecule has 0 spiro atoms. The molecule has 0 saturated carbocycles. The quantitative estimate of drug-likeness (QED) is 0.784. The highest BCUT2D eigenvalue weighted by Crippen LogP contribution is 2.07. The second-order valence-electron chi connectivity index (χ2n) is 3.71. The lowest BCUT2D eigenvalue weighted by Gasteiger charge is -2.26. The van der Waals surface area contributed by atoms with E-state index in [1.54, 1.807) is 0 Å². The third kappa shape index (κ3) is 4.64. The summed E-state index contributed by atoms with van der Waals surface area (Å²) in [6.45, 7) is 4.14. The molecule has 1 rings (SSSR count). The van der Waals surface area contributed by atoms with Crippen LogP contribution in [0.4, 0.5) is 4.79 Å². The lowest BCUT2D eigenvalue weighted by Crippen LogP contribution is -2.43. The third-order valence-corrected chi connectivity index (χ3v) is 3.87. The number of likely N-dealkylation sites (tertiary alicyclic amines) is 1. The van der Waals surface area contributed by atoms with Gasteiger partial charge in [0.05, 0.1) is 0 Å². The van der Waals surface area contributed by atoms with Crippen LogP contribution in [0.25, 0.3) is 0 Å². The average Bonchev–Trinajstić information content (AvgIpc) is 2.29. The van der Waals surface area contributed by atoms with Gasteiger partial charge in [-0.2, -0.15) is 0 Å². The minimum Gasteiger partial charge on any atom is -0.337 e. The monoisotopic (exact) mass is 232 g/mol. The summed E-state index contributed by atoms with van der Waals surface area (Å²) >= 11 is 0. The van der Waals surface area contributed by atoms with Crippen molar-refractivity contribution in [3.63, 3.8) is 0 Å². The first-order valence-electron chi connectivity index (χ1n) is 5.61.